The van der Waals surface area contributed by atoms with Crippen LogP contribution in [0.1, 0.15) is 16.5 Å². The number of thioether (sulfide) groups is 1. The van der Waals surface area contributed by atoms with Crippen LogP contribution in [0.3, 0.4) is 0 Å². The van der Waals surface area contributed by atoms with E-state index >= 15 is 0 Å². The number of para-hydroxylation sites is 2. The Labute approximate surface area is 147 Å². The normalized spacial score (nSPS) is 17.0. The number of benzene rings is 2. The van der Waals surface area contributed by atoms with Crippen LogP contribution in [0.2, 0.25) is 0 Å². The smallest absolute Gasteiger partial charge is 0.345 e. The Balaban J connectivity index is 1.51. The molecule has 2 N–H and O–H groups in total. The van der Waals surface area contributed by atoms with Gasteiger partial charge in [0.25, 0.3) is 0 Å². The molecule has 0 saturated heterocycles. The zero-order chi connectivity index (χ0) is 16.8. The Kier molecular flexibility index (Phi) is 3.21. The maximum atomic E-state index is 12.4. The third-order valence-corrected chi connectivity index (χ3v) is 5.46. The molecule has 4 aromatic rings. The number of H-pyrrole nitrogens is 1. The van der Waals surface area contributed by atoms with Gasteiger partial charge in [-0.3, -0.25) is 0 Å². The van der Waals surface area contributed by atoms with Gasteiger partial charge in [-0.25, -0.2) is 4.79 Å². The SMILES string of the molecule is O=c1oc2ccccc2cc1C1=CSC(c2c[nH]c3ccccc23)N1. The summed E-state index contributed by atoms with van der Waals surface area (Å²) in [6, 6.07) is 17.6. The first-order valence-electron chi connectivity index (χ1n) is 8.01. The monoisotopic (exact) mass is 346 g/mol. The average Bonchev–Trinajstić information content (AvgIpc) is 3.28. The first kappa shape index (κ1) is 14.4. The fraction of sp³-hybridized carbons (Fsp3) is 0.0500. The highest BCUT2D eigenvalue weighted by Gasteiger charge is 2.24. The number of rotatable bonds is 2. The molecule has 5 rings (SSSR count). The molecule has 25 heavy (non-hydrogen) atoms. The summed E-state index contributed by atoms with van der Waals surface area (Å²) >= 11 is 1.66. The van der Waals surface area contributed by atoms with E-state index in [1.165, 1.54) is 10.9 Å². The van der Waals surface area contributed by atoms with Crippen molar-refractivity contribution in [2.45, 2.75) is 5.37 Å². The van der Waals surface area contributed by atoms with E-state index in [0.717, 1.165) is 16.6 Å². The lowest BCUT2D eigenvalue weighted by molar-refractivity contribution is 0.557. The van der Waals surface area contributed by atoms with Crippen molar-refractivity contribution >= 4 is 39.3 Å². The Morgan fingerprint density at radius 2 is 1.88 bits per heavy atom. The summed E-state index contributed by atoms with van der Waals surface area (Å²) in [7, 11) is 0. The molecular formula is C20H14N2O2S. The largest absolute Gasteiger partial charge is 0.422 e. The third-order valence-electron chi connectivity index (χ3n) is 4.44. The molecule has 5 heteroatoms. The molecule has 0 amide bonds. The van der Waals surface area contributed by atoms with Gasteiger partial charge in [0, 0.05) is 28.0 Å². The summed E-state index contributed by atoms with van der Waals surface area (Å²) in [6.45, 7) is 0. The zero-order valence-electron chi connectivity index (χ0n) is 13.2. The quantitative estimate of drug-likeness (QED) is 0.521. The van der Waals surface area contributed by atoms with Gasteiger partial charge in [0.1, 0.15) is 11.0 Å². The van der Waals surface area contributed by atoms with Crippen LogP contribution in [-0.4, -0.2) is 4.98 Å². The number of nitrogens with one attached hydrogen (secondary N) is 2. The van der Waals surface area contributed by atoms with Crippen molar-refractivity contribution in [3.63, 3.8) is 0 Å². The van der Waals surface area contributed by atoms with Crippen molar-refractivity contribution in [3.05, 3.63) is 87.7 Å². The second-order valence-corrected chi connectivity index (χ2v) is 6.95. The standard InChI is InChI=1S/C20H14N2O2S/c23-20-14(9-12-5-1-4-8-18(12)24-20)17-11-25-19(22-17)15-10-21-16-7-3-2-6-13(15)16/h1-11,19,21-22H. The van der Waals surface area contributed by atoms with Gasteiger partial charge < -0.3 is 14.7 Å². The molecule has 1 aliphatic rings. The van der Waals surface area contributed by atoms with E-state index in [2.05, 4.69) is 22.4 Å². The highest BCUT2D eigenvalue weighted by Crippen LogP contribution is 2.39. The highest BCUT2D eigenvalue weighted by atomic mass is 32.2. The molecule has 0 aliphatic carbocycles. The lowest BCUT2D eigenvalue weighted by atomic mass is 10.1. The molecule has 0 radical (unpaired) electrons. The minimum absolute atomic E-state index is 0.0667. The van der Waals surface area contributed by atoms with Crippen LogP contribution in [-0.2, 0) is 0 Å². The minimum Gasteiger partial charge on any atom is -0.422 e. The third kappa shape index (κ3) is 2.36. The summed E-state index contributed by atoms with van der Waals surface area (Å²) in [5, 5.41) is 7.62. The summed E-state index contributed by atoms with van der Waals surface area (Å²) in [5.74, 6) is 0. The highest BCUT2D eigenvalue weighted by molar-refractivity contribution is 8.02. The maximum Gasteiger partial charge on any atom is 0.345 e. The first-order valence-corrected chi connectivity index (χ1v) is 8.95. The average molecular weight is 346 g/mol. The minimum atomic E-state index is -0.322. The van der Waals surface area contributed by atoms with E-state index in [1.54, 1.807) is 17.8 Å². The molecule has 0 fully saturated rings. The molecule has 122 valence electrons. The van der Waals surface area contributed by atoms with Crippen LogP contribution in [0.4, 0.5) is 0 Å². The predicted molar refractivity (Wildman–Crippen MR) is 102 cm³/mol. The van der Waals surface area contributed by atoms with Crippen LogP contribution < -0.4 is 10.9 Å². The number of aromatic nitrogens is 1. The zero-order valence-corrected chi connectivity index (χ0v) is 14.0. The lowest BCUT2D eigenvalue weighted by Crippen LogP contribution is -2.17. The van der Waals surface area contributed by atoms with Gasteiger partial charge in [-0.2, -0.15) is 0 Å². The number of fused-ring (bicyclic) bond motifs is 2. The molecular weight excluding hydrogens is 332 g/mol. The maximum absolute atomic E-state index is 12.4. The van der Waals surface area contributed by atoms with Crippen molar-refractivity contribution in [3.8, 4) is 0 Å². The number of hydrogen-bond donors (Lipinski definition) is 2. The Hall–Kier alpha value is -2.92. The van der Waals surface area contributed by atoms with Gasteiger partial charge in [-0.15, -0.1) is 11.8 Å². The van der Waals surface area contributed by atoms with E-state index in [1.807, 2.05) is 48.0 Å². The van der Waals surface area contributed by atoms with Crippen molar-refractivity contribution < 1.29 is 4.42 Å². The van der Waals surface area contributed by atoms with Crippen molar-refractivity contribution in [2.24, 2.45) is 0 Å². The van der Waals surface area contributed by atoms with Gasteiger partial charge >= 0.3 is 5.63 Å². The van der Waals surface area contributed by atoms with Crippen LogP contribution >= 0.6 is 11.8 Å². The van der Waals surface area contributed by atoms with E-state index in [4.69, 9.17) is 4.42 Å². The van der Waals surface area contributed by atoms with Gasteiger partial charge in [0.05, 0.1) is 11.3 Å². The van der Waals surface area contributed by atoms with E-state index in [0.29, 0.717) is 11.1 Å². The first-order chi connectivity index (χ1) is 12.3. The molecule has 1 atom stereocenters. The molecule has 0 spiro atoms. The lowest BCUT2D eigenvalue weighted by Gasteiger charge is -2.12. The molecule has 1 aliphatic heterocycles. The Morgan fingerprint density at radius 1 is 1.04 bits per heavy atom. The van der Waals surface area contributed by atoms with Crippen molar-refractivity contribution in [1.29, 1.82) is 0 Å². The van der Waals surface area contributed by atoms with Crippen LogP contribution in [0, 0.1) is 0 Å². The van der Waals surface area contributed by atoms with Gasteiger partial charge in [0.15, 0.2) is 0 Å². The molecule has 4 nitrogen and oxygen atoms in total. The molecule has 1 unspecified atom stereocenters. The second-order valence-electron chi connectivity index (χ2n) is 5.97. The van der Waals surface area contributed by atoms with Crippen LogP contribution in [0.25, 0.3) is 27.6 Å². The fourth-order valence-corrected chi connectivity index (χ4v) is 4.20. The summed E-state index contributed by atoms with van der Waals surface area (Å²) in [6.07, 6.45) is 2.02. The van der Waals surface area contributed by atoms with Gasteiger partial charge in [-0.05, 0) is 23.6 Å². The number of aromatic amines is 1. The number of hydrogen-bond acceptors (Lipinski definition) is 4. The predicted octanol–water partition coefficient (Wildman–Crippen LogP) is 4.61. The van der Waals surface area contributed by atoms with Crippen molar-refractivity contribution in [2.75, 3.05) is 0 Å². The van der Waals surface area contributed by atoms with E-state index in [-0.39, 0.29) is 11.0 Å². The molecule has 0 bridgehead atoms. The molecule has 2 aromatic heterocycles. The second kappa shape index (κ2) is 5.57. The Morgan fingerprint density at radius 3 is 2.84 bits per heavy atom. The van der Waals surface area contributed by atoms with Crippen molar-refractivity contribution in [1.82, 2.24) is 10.3 Å². The van der Waals surface area contributed by atoms with Crippen LogP contribution in [0.15, 0.2) is 75.4 Å². The molecule has 2 aromatic carbocycles. The fourth-order valence-electron chi connectivity index (χ4n) is 3.20. The van der Waals surface area contributed by atoms with E-state index in [9.17, 15) is 4.79 Å². The summed E-state index contributed by atoms with van der Waals surface area (Å²) in [5.41, 5.74) is 3.94. The molecule has 0 saturated carbocycles. The summed E-state index contributed by atoms with van der Waals surface area (Å²) in [4.78, 5) is 15.7. The van der Waals surface area contributed by atoms with Gasteiger partial charge in [-0.1, -0.05) is 36.4 Å². The Bertz CT molecular complexity index is 1190. The topological polar surface area (TPSA) is 58.0 Å². The van der Waals surface area contributed by atoms with Gasteiger partial charge in [0.2, 0.25) is 0 Å². The van der Waals surface area contributed by atoms with E-state index < -0.39 is 0 Å². The van der Waals surface area contributed by atoms with Crippen LogP contribution in [0.5, 0.6) is 0 Å². The summed E-state index contributed by atoms with van der Waals surface area (Å²) < 4.78 is 5.45. The molecule has 3 heterocycles.